The summed E-state index contributed by atoms with van der Waals surface area (Å²) in [5.41, 5.74) is 1.47. The molecule has 1 saturated heterocycles. The highest BCUT2D eigenvalue weighted by molar-refractivity contribution is 5.99. The van der Waals surface area contributed by atoms with Gasteiger partial charge in [-0.05, 0) is 70.6 Å². The van der Waals surface area contributed by atoms with Gasteiger partial charge in [0.1, 0.15) is 17.3 Å². The molecular formula is C29H32F3N5O2. The van der Waals surface area contributed by atoms with E-state index in [1.165, 1.54) is 17.0 Å². The molecule has 1 aromatic heterocycles. The fourth-order valence-corrected chi connectivity index (χ4v) is 5.36. The van der Waals surface area contributed by atoms with Crippen molar-refractivity contribution in [3.8, 4) is 17.0 Å². The monoisotopic (exact) mass is 539 g/mol. The minimum atomic E-state index is -0.736. The number of piperidine rings is 1. The number of anilines is 2. The van der Waals surface area contributed by atoms with Gasteiger partial charge in [0.25, 0.3) is 5.91 Å². The summed E-state index contributed by atoms with van der Waals surface area (Å²) >= 11 is 0. The standard InChI is InChI=1S/C29H32F3N5O2/c1-17(2)37-25-14-19(13-22(31)29(25)39-16-27(37)38)28-23(32)15-33-26(34-28)12-18-5-6-24(21(30)11-18)36-9-7-20(8-10-36)35(3)4/h5-6,11,13-15,17,20H,7-10,12,16H2,1-4H3. The molecule has 0 bridgehead atoms. The predicted molar refractivity (Wildman–Crippen MR) is 144 cm³/mol. The van der Waals surface area contributed by atoms with Crippen molar-refractivity contribution in [3.63, 3.8) is 0 Å². The van der Waals surface area contributed by atoms with Crippen molar-refractivity contribution >= 4 is 17.3 Å². The highest BCUT2D eigenvalue weighted by Crippen LogP contribution is 2.39. The van der Waals surface area contributed by atoms with Crippen molar-refractivity contribution in [1.29, 1.82) is 0 Å². The van der Waals surface area contributed by atoms with E-state index in [2.05, 4.69) is 33.9 Å². The maximum absolute atomic E-state index is 15.1. The fraction of sp³-hybridized carbons (Fsp3) is 0.414. The van der Waals surface area contributed by atoms with Crippen LogP contribution < -0.4 is 14.5 Å². The summed E-state index contributed by atoms with van der Waals surface area (Å²) in [4.78, 5) is 26.6. The van der Waals surface area contributed by atoms with Gasteiger partial charge < -0.3 is 19.4 Å². The second kappa shape index (κ2) is 10.8. The summed E-state index contributed by atoms with van der Waals surface area (Å²) in [5.74, 6) is -1.88. The quantitative estimate of drug-likeness (QED) is 0.448. The summed E-state index contributed by atoms with van der Waals surface area (Å²) in [6.45, 7) is 4.91. The second-order valence-electron chi connectivity index (χ2n) is 10.6. The van der Waals surface area contributed by atoms with Crippen molar-refractivity contribution in [3.05, 3.63) is 65.4 Å². The van der Waals surface area contributed by atoms with Crippen LogP contribution in [0.5, 0.6) is 5.75 Å². The summed E-state index contributed by atoms with van der Waals surface area (Å²) in [5, 5.41) is 0. The zero-order valence-electron chi connectivity index (χ0n) is 22.5. The molecule has 2 aliphatic rings. The first-order chi connectivity index (χ1) is 18.6. The van der Waals surface area contributed by atoms with Crippen LogP contribution in [-0.4, -0.2) is 66.7 Å². The van der Waals surface area contributed by atoms with Gasteiger partial charge in [-0.2, -0.15) is 0 Å². The maximum Gasteiger partial charge on any atom is 0.265 e. The van der Waals surface area contributed by atoms with Gasteiger partial charge in [-0.1, -0.05) is 6.07 Å². The van der Waals surface area contributed by atoms with E-state index in [1.54, 1.807) is 19.9 Å². The largest absolute Gasteiger partial charge is 0.478 e. The van der Waals surface area contributed by atoms with Gasteiger partial charge in [0, 0.05) is 37.2 Å². The van der Waals surface area contributed by atoms with Crippen LogP contribution in [0.2, 0.25) is 0 Å². The van der Waals surface area contributed by atoms with Crippen LogP contribution >= 0.6 is 0 Å². The summed E-state index contributed by atoms with van der Waals surface area (Å²) in [6.07, 6.45) is 3.13. The highest BCUT2D eigenvalue weighted by Gasteiger charge is 2.31. The van der Waals surface area contributed by atoms with E-state index < -0.39 is 11.6 Å². The van der Waals surface area contributed by atoms with Gasteiger partial charge >= 0.3 is 0 Å². The second-order valence-corrected chi connectivity index (χ2v) is 10.6. The molecule has 5 rings (SSSR count). The molecular weight excluding hydrogens is 507 g/mol. The van der Waals surface area contributed by atoms with E-state index in [4.69, 9.17) is 4.74 Å². The molecule has 0 radical (unpaired) electrons. The van der Waals surface area contributed by atoms with Crippen LogP contribution in [0.4, 0.5) is 24.5 Å². The number of benzene rings is 2. The van der Waals surface area contributed by atoms with Gasteiger partial charge in [-0.3, -0.25) is 4.79 Å². The van der Waals surface area contributed by atoms with Crippen LogP contribution in [0.1, 0.15) is 38.1 Å². The first-order valence-corrected chi connectivity index (χ1v) is 13.1. The van der Waals surface area contributed by atoms with E-state index in [0.29, 0.717) is 17.3 Å². The molecule has 0 unspecified atom stereocenters. The summed E-state index contributed by atoms with van der Waals surface area (Å²) < 4.78 is 50.3. The van der Waals surface area contributed by atoms with Crippen LogP contribution in [0.25, 0.3) is 11.3 Å². The summed E-state index contributed by atoms with van der Waals surface area (Å²) in [6, 6.07) is 7.93. The molecule has 2 aliphatic heterocycles. The van der Waals surface area contributed by atoms with E-state index >= 15 is 4.39 Å². The zero-order valence-corrected chi connectivity index (χ0v) is 22.5. The molecule has 0 spiro atoms. The van der Waals surface area contributed by atoms with E-state index in [9.17, 15) is 13.6 Å². The number of nitrogens with zero attached hydrogens (tertiary/aromatic N) is 5. The van der Waals surface area contributed by atoms with E-state index in [0.717, 1.165) is 38.2 Å². The Hall–Kier alpha value is -3.66. The number of carbonyl (C=O) groups is 1. The van der Waals surface area contributed by atoms with Gasteiger partial charge in [0.15, 0.2) is 24.0 Å². The number of carbonyl (C=O) groups excluding carboxylic acids is 1. The first kappa shape index (κ1) is 26.9. The highest BCUT2D eigenvalue weighted by atomic mass is 19.1. The van der Waals surface area contributed by atoms with Crippen LogP contribution in [0.3, 0.4) is 0 Å². The third kappa shape index (κ3) is 5.43. The van der Waals surface area contributed by atoms with Crippen molar-refractivity contribution < 1.29 is 22.7 Å². The maximum atomic E-state index is 15.1. The Morgan fingerprint density at radius 1 is 1.03 bits per heavy atom. The number of amides is 1. The number of rotatable bonds is 6. The molecule has 3 heterocycles. The molecule has 0 saturated carbocycles. The van der Waals surface area contributed by atoms with Gasteiger partial charge in [0.05, 0.1) is 17.6 Å². The molecule has 0 aliphatic carbocycles. The third-order valence-corrected chi connectivity index (χ3v) is 7.39. The molecule has 10 heteroatoms. The minimum Gasteiger partial charge on any atom is -0.478 e. The molecule has 1 amide bonds. The molecule has 3 aromatic rings. The molecule has 0 atom stereocenters. The Kier molecular flexibility index (Phi) is 7.48. The van der Waals surface area contributed by atoms with Crippen molar-refractivity contribution in [2.45, 2.75) is 45.2 Å². The van der Waals surface area contributed by atoms with Gasteiger partial charge in [0.2, 0.25) is 0 Å². The van der Waals surface area contributed by atoms with Gasteiger partial charge in [-0.25, -0.2) is 23.1 Å². The van der Waals surface area contributed by atoms with E-state index in [-0.39, 0.29) is 59.3 Å². The molecule has 7 nitrogen and oxygen atoms in total. The SMILES string of the molecule is CC(C)N1C(=O)COc2c(F)cc(-c3nc(Cc4ccc(N5CCC(N(C)C)CC5)c(F)c4)ncc3F)cc21. The lowest BCUT2D eigenvalue weighted by Crippen LogP contribution is -2.43. The Morgan fingerprint density at radius 3 is 2.44 bits per heavy atom. The fourth-order valence-electron chi connectivity index (χ4n) is 5.36. The van der Waals surface area contributed by atoms with E-state index in [1.807, 2.05) is 6.07 Å². The Balaban J connectivity index is 1.39. The molecule has 0 N–H and O–H groups in total. The predicted octanol–water partition coefficient (Wildman–Crippen LogP) is 4.82. The van der Waals surface area contributed by atoms with Crippen molar-refractivity contribution in [2.75, 3.05) is 43.6 Å². The van der Waals surface area contributed by atoms with Gasteiger partial charge in [-0.15, -0.1) is 0 Å². The number of hydrogen-bond acceptors (Lipinski definition) is 6. The average molecular weight is 540 g/mol. The third-order valence-electron chi connectivity index (χ3n) is 7.39. The number of fused-ring (bicyclic) bond motifs is 1. The zero-order chi connectivity index (χ0) is 27.8. The smallest absolute Gasteiger partial charge is 0.265 e. The average Bonchev–Trinajstić information content (AvgIpc) is 2.89. The molecule has 39 heavy (non-hydrogen) atoms. The van der Waals surface area contributed by atoms with Crippen molar-refractivity contribution in [2.24, 2.45) is 0 Å². The Morgan fingerprint density at radius 2 is 1.77 bits per heavy atom. The molecule has 2 aromatic carbocycles. The first-order valence-electron chi connectivity index (χ1n) is 13.1. The lowest BCUT2D eigenvalue weighted by molar-refractivity contribution is -0.121. The van der Waals surface area contributed by atoms with Crippen LogP contribution in [-0.2, 0) is 11.2 Å². The molecule has 1 fully saturated rings. The minimum absolute atomic E-state index is 0.0526. The lowest BCUT2D eigenvalue weighted by Gasteiger charge is -2.36. The molecule has 206 valence electrons. The number of aromatic nitrogens is 2. The number of ether oxygens (including phenoxy) is 1. The van der Waals surface area contributed by atoms with Crippen LogP contribution in [0.15, 0.2) is 36.5 Å². The normalized spacial score (nSPS) is 16.2. The van der Waals surface area contributed by atoms with Crippen LogP contribution in [0, 0.1) is 17.5 Å². The lowest BCUT2D eigenvalue weighted by atomic mass is 10.0. The Labute approximate surface area is 226 Å². The number of halogens is 3. The number of hydrogen-bond donors (Lipinski definition) is 0. The summed E-state index contributed by atoms with van der Waals surface area (Å²) in [7, 11) is 4.13. The topological polar surface area (TPSA) is 61.8 Å². The Bertz CT molecular complexity index is 1390. The van der Waals surface area contributed by atoms with Crippen molar-refractivity contribution in [1.82, 2.24) is 14.9 Å².